The van der Waals surface area contributed by atoms with Gasteiger partial charge in [0.1, 0.15) is 11.3 Å². The second kappa shape index (κ2) is 6.87. The van der Waals surface area contributed by atoms with E-state index in [-0.39, 0.29) is 11.9 Å². The summed E-state index contributed by atoms with van der Waals surface area (Å²) in [6.45, 7) is 11.0. The van der Waals surface area contributed by atoms with Crippen LogP contribution in [0.3, 0.4) is 0 Å². The number of ketones is 1. The molecule has 7 heteroatoms. The summed E-state index contributed by atoms with van der Waals surface area (Å²) in [5, 5.41) is 4.65. The highest BCUT2D eigenvalue weighted by Gasteiger charge is 2.34. The fourth-order valence-corrected chi connectivity index (χ4v) is 3.46. The molecule has 27 heavy (non-hydrogen) atoms. The number of rotatable bonds is 1. The van der Waals surface area contributed by atoms with Crippen LogP contribution in [0.1, 0.15) is 48.9 Å². The van der Waals surface area contributed by atoms with E-state index in [0.29, 0.717) is 43.7 Å². The molecule has 1 amide bonds. The topological polar surface area (TPSA) is 67.7 Å². The van der Waals surface area contributed by atoms with Crippen molar-refractivity contribution in [3.63, 3.8) is 0 Å². The van der Waals surface area contributed by atoms with Gasteiger partial charge in [0.05, 0.1) is 18.8 Å². The summed E-state index contributed by atoms with van der Waals surface area (Å²) >= 11 is 0. The standard InChI is InChI=1S/C20H28N4O3/c1-13-9-14(11-22(5)6)18(25)17-15-12-23(19(26)27-20(2,3)4)8-7-16(15)21-24(17)10-13/h11H,1,7-10,12H2,2-6H3/b14-11+. The molecule has 0 atom stereocenters. The number of carbonyl (C=O) groups is 2. The van der Waals surface area contributed by atoms with Crippen molar-refractivity contribution < 1.29 is 14.3 Å². The highest BCUT2D eigenvalue weighted by atomic mass is 16.6. The molecule has 0 aromatic carbocycles. The van der Waals surface area contributed by atoms with Crippen LogP contribution >= 0.6 is 0 Å². The first kappa shape index (κ1) is 19.2. The monoisotopic (exact) mass is 372 g/mol. The average Bonchev–Trinajstić information content (AvgIpc) is 2.82. The first-order valence-electron chi connectivity index (χ1n) is 9.20. The maximum absolute atomic E-state index is 13.2. The van der Waals surface area contributed by atoms with Gasteiger partial charge in [-0.25, -0.2) is 4.79 Å². The van der Waals surface area contributed by atoms with E-state index in [2.05, 4.69) is 11.7 Å². The van der Waals surface area contributed by atoms with E-state index in [1.54, 1.807) is 9.58 Å². The summed E-state index contributed by atoms with van der Waals surface area (Å²) in [7, 11) is 3.79. The Kier molecular flexibility index (Phi) is 4.88. The van der Waals surface area contributed by atoms with Crippen molar-refractivity contribution in [3.8, 4) is 0 Å². The van der Waals surface area contributed by atoms with Gasteiger partial charge in [-0.3, -0.25) is 9.48 Å². The van der Waals surface area contributed by atoms with Crippen LogP contribution in [0.25, 0.3) is 0 Å². The van der Waals surface area contributed by atoms with Gasteiger partial charge in [-0.2, -0.15) is 5.10 Å². The van der Waals surface area contributed by atoms with Crippen molar-refractivity contribution in [2.24, 2.45) is 0 Å². The Morgan fingerprint density at radius 3 is 2.63 bits per heavy atom. The summed E-state index contributed by atoms with van der Waals surface area (Å²) in [4.78, 5) is 29.2. The van der Waals surface area contributed by atoms with Crippen LogP contribution in [0.5, 0.6) is 0 Å². The maximum atomic E-state index is 13.2. The average molecular weight is 372 g/mol. The predicted molar refractivity (Wildman–Crippen MR) is 102 cm³/mol. The molecule has 7 nitrogen and oxygen atoms in total. The molecule has 0 bridgehead atoms. The van der Waals surface area contributed by atoms with Gasteiger partial charge in [-0.1, -0.05) is 12.2 Å². The zero-order valence-electron chi connectivity index (χ0n) is 16.8. The van der Waals surface area contributed by atoms with Gasteiger partial charge in [0.2, 0.25) is 5.78 Å². The van der Waals surface area contributed by atoms with Crippen molar-refractivity contribution in [2.45, 2.75) is 52.3 Å². The summed E-state index contributed by atoms with van der Waals surface area (Å²) in [6, 6.07) is 0. The first-order chi connectivity index (χ1) is 12.5. The number of hydrogen-bond donors (Lipinski definition) is 0. The van der Waals surface area contributed by atoms with Crippen molar-refractivity contribution in [2.75, 3.05) is 20.6 Å². The Morgan fingerprint density at radius 1 is 1.30 bits per heavy atom. The van der Waals surface area contributed by atoms with Gasteiger partial charge in [0.25, 0.3) is 0 Å². The molecule has 2 aliphatic rings. The Morgan fingerprint density at radius 2 is 2.00 bits per heavy atom. The third kappa shape index (κ3) is 4.07. The molecule has 0 aliphatic carbocycles. The fourth-order valence-electron chi connectivity index (χ4n) is 3.46. The SMILES string of the molecule is C=C1C/C(=C\N(C)C)C(=O)c2c3c(nn2C1)CCN(C(=O)OC(C)(C)C)C3. The number of carbonyl (C=O) groups excluding carboxylic acids is 2. The molecule has 146 valence electrons. The minimum Gasteiger partial charge on any atom is -0.444 e. The Labute approximate surface area is 160 Å². The molecule has 0 fully saturated rings. The molecule has 0 unspecified atom stereocenters. The molecular formula is C20H28N4O3. The highest BCUT2D eigenvalue weighted by Crippen LogP contribution is 2.30. The molecule has 1 aromatic rings. The molecule has 1 aromatic heterocycles. The van der Waals surface area contributed by atoms with Gasteiger partial charge in [0, 0.05) is 50.8 Å². The second-order valence-corrected chi connectivity index (χ2v) is 8.46. The van der Waals surface area contributed by atoms with Gasteiger partial charge < -0.3 is 14.5 Å². The highest BCUT2D eigenvalue weighted by molar-refractivity contribution is 6.09. The first-order valence-corrected chi connectivity index (χ1v) is 9.20. The number of amides is 1. The van der Waals surface area contributed by atoms with E-state index < -0.39 is 5.60 Å². The predicted octanol–water partition coefficient (Wildman–Crippen LogP) is 2.76. The molecule has 2 aliphatic heterocycles. The van der Waals surface area contributed by atoms with E-state index in [1.807, 2.05) is 46.0 Å². The number of fused-ring (bicyclic) bond motifs is 3. The number of allylic oxidation sites excluding steroid dienone is 2. The van der Waals surface area contributed by atoms with Crippen molar-refractivity contribution in [1.82, 2.24) is 19.6 Å². The smallest absolute Gasteiger partial charge is 0.410 e. The van der Waals surface area contributed by atoms with E-state index >= 15 is 0 Å². The van der Waals surface area contributed by atoms with Crippen LogP contribution in [0, 0.1) is 0 Å². The second-order valence-electron chi connectivity index (χ2n) is 8.46. The number of nitrogens with zero attached hydrogens (tertiary/aromatic N) is 4. The van der Waals surface area contributed by atoms with Gasteiger partial charge >= 0.3 is 6.09 Å². The van der Waals surface area contributed by atoms with Crippen LogP contribution in [0.4, 0.5) is 4.79 Å². The van der Waals surface area contributed by atoms with Crippen molar-refractivity contribution in [3.05, 3.63) is 40.9 Å². The molecule has 3 rings (SSSR count). The molecular weight excluding hydrogens is 344 g/mol. The summed E-state index contributed by atoms with van der Waals surface area (Å²) in [6.07, 6.45) is 2.63. The minimum atomic E-state index is -0.553. The van der Waals surface area contributed by atoms with E-state index in [9.17, 15) is 9.59 Å². The Balaban J connectivity index is 1.96. The third-order valence-electron chi connectivity index (χ3n) is 4.49. The fraction of sp³-hybridized carbons (Fsp3) is 0.550. The van der Waals surface area contributed by atoms with Crippen LogP contribution in [0.15, 0.2) is 23.9 Å². The number of ether oxygens (including phenoxy) is 1. The zero-order chi connectivity index (χ0) is 19.9. The van der Waals surface area contributed by atoms with E-state index in [0.717, 1.165) is 16.8 Å². The lowest BCUT2D eigenvalue weighted by Gasteiger charge is -2.29. The normalized spacial score (nSPS) is 18.9. The van der Waals surface area contributed by atoms with Gasteiger partial charge in [-0.15, -0.1) is 0 Å². The van der Waals surface area contributed by atoms with Crippen LogP contribution < -0.4 is 0 Å². The van der Waals surface area contributed by atoms with Gasteiger partial charge in [-0.05, 0) is 20.8 Å². The number of aromatic nitrogens is 2. The van der Waals surface area contributed by atoms with Crippen LogP contribution in [-0.4, -0.2) is 57.7 Å². The van der Waals surface area contributed by atoms with Gasteiger partial charge in [0.15, 0.2) is 0 Å². The lowest BCUT2D eigenvalue weighted by molar-refractivity contribution is 0.0222. The summed E-state index contributed by atoms with van der Waals surface area (Å²) < 4.78 is 7.25. The van der Waals surface area contributed by atoms with Crippen LogP contribution in [0.2, 0.25) is 0 Å². The third-order valence-corrected chi connectivity index (χ3v) is 4.49. The number of hydrogen-bond acceptors (Lipinski definition) is 5. The molecule has 0 spiro atoms. The van der Waals surface area contributed by atoms with Crippen molar-refractivity contribution in [1.29, 1.82) is 0 Å². The molecule has 0 radical (unpaired) electrons. The summed E-state index contributed by atoms with van der Waals surface area (Å²) in [5.74, 6) is -0.0397. The minimum absolute atomic E-state index is 0.0397. The quantitative estimate of drug-likeness (QED) is 0.560. The van der Waals surface area contributed by atoms with E-state index in [4.69, 9.17) is 4.74 Å². The Hall–Kier alpha value is -2.57. The molecule has 0 saturated heterocycles. The van der Waals surface area contributed by atoms with E-state index in [1.165, 1.54) is 0 Å². The Bertz CT molecular complexity index is 827. The molecule has 3 heterocycles. The zero-order valence-corrected chi connectivity index (χ0v) is 16.8. The van der Waals surface area contributed by atoms with Crippen LogP contribution in [-0.2, 0) is 24.2 Å². The lowest BCUT2D eigenvalue weighted by Crippen LogP contribution is -2.40. The molecule has 0 N–H and O–H groups in total. The largest absolute Gasteiger partial charge is 0.444 e. The molecule has 0 saturated carbocycles. The maximum Gasteiger partial charge on any atom is 0.410 e. The number of Topliss-reactive ketones (excluding diaryl/α,β-unsaturated/α-hetero) is 1. The van der Waals surface area contributed by atoms with Crippen molar-refractivity contribution >= 4 is 11.9 Å². The lowest BCUT2D eigenvalue weighted by atomic mass is 9.98. The summed E-state index contributed by atoms with van der Waals surface area (Å²) in [5.41, 5.74) is 3.38.